The molecular formula is C39H41N3O2. The number of amides is 1. The minimum atomic E-state index is -0.327. The third kappa shape index (κ3) is 5.48. The normalized spacial score (nSPS) is 16.9. The SMILES string of the molecule is C.COc1cccc(CN(C(=O)[C@H](C)N2CCc3ccccc3[C@@H]2c2cccc3ccccc23)C2Cc3ccccc3C2)n1. The Morgan fingerprint density at radius 3 is 2.25 bits per heavy atom. The molecule has 1 amide bonds. The molecule has 0 bridgehead atoms. The Bertz CT molecular complexity index is 1750. The van der Waals surface area contributed by atoms with Crippen LogP contribution in [0.15, 0.2) is 109 Å². The lowest BCUT2D eigenvalue weighted by molar-refractivity contribution is -0.140. The van der Waals surface area contributed by atoms with Gasteiger partial charge in [0.25, 0.3) is 0 Å². The third-order valence-electron chi connectivity index (χ3n) is 9.37. The Labute approximate surface area is 261 Å². The standard InChI is InChI=1S/C38H37N3O2.CH4/c1-26(38(42)41(25-31-16-10-20-36(39-31)43-2)32-23-29-13-3-4-14-30(29)24-32)40-22-21-28-12-6-8-18-34(28)37(40)35-19-9-15-27-11-5-7-17-33(27)35;/h3-20,26,32,37H,21-25H2,1-2H3;1H4/t26-,37+;/m0./s1. The van der Waals surface area contributed by atoms with Crippen molar-refractivity contribution < 1.29 is 9.53 Å². The van der Waals surface area contributed by atoms with E-state index >= 15 is 0 Å². The maximum atomic E-state index is 14.8. The van der Waals surface area contributed by atoms with Crippen molar-refractivity contribution in [3.8, 4) is 5.88 Å². The van der Waals surface area contributed by atoms with Gasteiger partial charge in [-0.05, 0) is 70.8 Å². The van der Waals surface area contributed by atoms with Crippen LogP contribution in [0.2, 0.25) is 0 Å². The molecule has 1 aliphatic carbocycles. The lowest BCUT2D eigenvalue weighted by Gasteiger charge is -2.43. The average Bonchev–Trinajstić information content (AvgIpc) is 3.50. The van der Waals surface area contributed by atoms with E-state index in [0.29, 0.717) is 12.4 Å². The molecule has 1 aromatic heterocycles. The number of rotatable bonds is 7. The van der Waals surface area contributed by atoms with E-state index < -0.39 is 0 Å². The number of carbonyl (C=O) groups excluding carboxylic acids is 1. The van der Waals surface area contributed by atoms with Crippen LogP contribution in [0.3, 0.4) is 0 Å². The molecule has 0 spiro atoms. The summed E-state index contributed by atoms with van der Waals surface area (Å²) in [5.74, 6) is 0.711. The first-order chi connectivity index (χ1) is 21.1. The van der Waals surface area contributed by atoms with E-state index in [1.165, 1.54) is 38.6 Å². The summed E-state index contributed by atoms with van der Waals surface area (Å²) in [6, 6.07) is 38.0. The highest BCUT2D eigenvalue weighted by molar-refractivity contribution is 5.87. The average molecular weight is 584 g/mol. The van der Waals surface area contributed by atoms with Gasteiger partial charge in [0.2, 0.25) is 11.8 Å². The Balaban J connectivity index is 0.00000343. The van der Waals surface area contributed by atoms with Crippen molar-refractivity contribution in [2.24, 2.45) is 0 Å². The highest BCUT2D eigenvalue weighted by atomic mass is 16.5. The highest BCUT2D eigenvalue weighted by Gasteiger charge is 2.39. The molecule has 5 aromatic rings. The number of methoxy groups -OCH3 is 1. The van der Waals surface area contributed by atoms with Gasteiger partial charge < -0.3 is 9.64 Å². The summed E-state index contributed by atoms with van der Waals surface area (Å²) in [5.41, 5.74) is 7.40. The molecule has 4 aromatic carbocycles. The third-order valence-corrected chi connectivity index (χ3v) is 9.37. The van der Waals surface area contributed by atoms with Gasteiger partial charge in [0.1, 0.15) is 0 Å². The summed E-state index contributed by atoms with van der Waals surface area (Å²) in [6.45, 7) is 3.36. The molecule has 1 aliphatic heterocycles. The van der Waals surface area contributed by atoms with Crippen LogP contribution in [0.4, 0.5) is 0 Å². The lowest BCUT2D eigenvalue weighted by atomic mass is 9.85. The molecule has 0 unspecified atom stereocenters. The fraction of sp³-hybridized carbons (Fsp3) is 0.282. The molecule has 0 saturated heterocycles. The van der Waals surface area contributed by atoms with Crippen molar-refractivity contribution in [2.45, 2.75) is 58.3 Å². The second-order valence-electron chi connectivity index (χ2n) is 11.8. The predicted molar refractivity (Wildman–Crippen MR) is 178 cm³/mol. The molecule has 7 rings (SSSR count). The van der Waals surface area contributed by atoms with Crippen molar-refractivity contribution in [3.05, 3.63) is 143 Å². The molecule has 2 atom stereocenters. The number of hydrogen-bond acceptors (Lipinski definition) is 4. The van der Waals surface area contributed by atoms with Crippen molar-refractivity contribution in [1.29, 1.82) is 0 Å². The largest absolute Gasteiger partial charge is 0.481 e. The Hall–Kier alpha value is -4.48. The number of nitrogens with zero attached hydrogens (tertiary/aromatic N) is 3. The summed E-state index contributed by atoms with van der Waals surface area (Å²) in [5, 5.41) is 2.46. The summed E-state index contributed by atoms with van der Waals surface area (Å²) in [4.78, 5) is 24.0. The van der Waals surface area contributed by atoms with Gasteiger partial charge in [-0.2, -0.15) is 0 Å². The molecular weight excluding hydrogens is 542 g/mol. The van der Waals surface area contributed by atoms with Gasteiger partial charge in [-0.3, -0.25) is 9.69 Å². The first-order valence-corrected chi connectivity index (χ1v) is 15.3. The van der Waals surface area contributed by atoms with E-state index in [4.69, 9.17) is 9.72 Å². The van der Waals surface area contributed by atoms with E-state index in [0.717, 1.165) is 31.5 Å². The van der Waals surface area contributed by atoms with Crippen molar-refractivity contribution in [2.75, 3.05) is 13.7 Å². The fourth-order valence-corrected chi connectivity index (χ4v) is 7.20. The zero-order valence-corrected chi connectivity index (χ0v) is 24.8. The summed E-state index contributed by atoms with van der Waals surface area (Å²) < 4.78 is 5.42. The van der Waals surface area contributed by atoms with E-state index in [9.17, 15) is 4.79 Å². The Morgan fingerprint density at radius 2 is 1.48 bits per heavy atom. The van der Waals surface area contributed by atoms with Crippen molar-refractivity contribution in [3.63, 3.8) is 0 Å². The number of aromatic nitrogens is 1. The van der Waals surface area contributed by atoms with Gasteiger partial charge in [-0.15, -0.1) is 0 Å². The fourth-order valence-electron chi connectivity index (χ4n) is 7.20. The summed E-state index contributed by atoms with van der Waals surface area (Å²) in [7, 11) is 1.63. The molecule has 5 heteroatoms. The number of pyridine rings is 1. The van der Waals surface area contributed by atoms with Gasteiger partial charge in [0.05, 0.1) is 31.4 Å². The van der Waals surface area contributed by atoms with Gasteiger partial charge in [0, 0.05) is 18.7 Å². The van der Waals surface area contributed by atoms with Gasteiger partial charge in [-0.1, -0.05) is 104 Å². The molecule has 44 heavy (non-hydrogen) atoms. The lowest BCUT2D eigenvalue weighted by Crippen LogP contribution is -2.53. The van der Waals surface area contributed by atoms with Crippen LogP contribution >= 0.6 is 0 Å². The Kier molecular flexibility index (Phi) is 8.49. The van der Waals surface area contributed by atoms with Crippen molar-refractivity contribution >= 4 is 16.7 Å². The molecule has 0 fully saturated rings. The first-order valence-electron chi connectivity index (χ1n) is 15.3. The number of benzene rings is 4. The maximum Gasteiger partial charge on any atom is 0.240 e. The number of carbonyl (C=O) groups is 1. The molecule has 0 saturated carbocycles. The van der Waals surface area contributed by atoms with Crippen LogP contribution in [-0.4, -0.2) is 46.4 Å². The van der Waals surface area contributed by atoms with Crippen molar-refractivity contribution in [1.82, 2.24) is 14.8 Å². The van der Waals surface area contributed by atoms with Crippen LogP contribution < -0.4 is 4.74 Å². The molecule has 2 heterocycles. The second kappa shape index (κ2) is 12.6. The van der Waals surface area contributed by atoms with Crippen LogP contribution in [-0.2, 0) is 30.6 Å². The van der Waals surface area contributed by atoms with E-state index in [1.807, 2.05) is 18.2 Å². The molecule has 0 N–H and O–H groups in total. The number of ether oxygens (including phenoxy) is 1. The van der Waals surface area contributed by atoms with Gasteiger partial charge in [-0.25, -0.2) is 4.98 Å². The zero-order chi connectivity index (χ0) is 29.3. The minimum Gasteiger partial charge on any atom is -0.481 e. The summed E-state index contributed by atoms with van der Waals surface area (Å²) in [6.07, 6.45) is 2.63. The highest BCUT2D eigenvalue weighted by Crippen LogP contribution is 2.40. The van der Waals surface area contributed by atoms with E-state index in [-0.39, 0.29) is 31.5 Å². The topological polar surface area (TPSA) is 45.7 Å². The van der Waals surface area contributed by atoms with Crippen LogP contribution in [0.5, 0.6) is 5.88 Å². The molecule has 2 aliphatic rings. The smallest absolute Gasteiger partial charge is 0.240 e. The van der Waals surface area contributed by atoms with Crippen LogP contribution in [0.25, 0.3) is 10.8 Å². The molecule has 5 nitrogen and oxygen atoms in total. The number of hydrogen-bond donors (Lipinski definition) is 0. The van der Waals surface area contributed by atoms with E-state index in [1.54, 1.807) is 7.11 Å². The minimum absolute atomic E-state index is 0. The quantitative estimate of drug-likeness (QED) is 0.200. The predicted octanol–water partition coefficient (Wildman–Crippen LogP) is 7.41. The number of fused-ring (bicyclic) bond motifs is 3. The second-order valence-corrected chi connectivity index (χ2v) is 11.8. The summed E-state index contributed by atoms with van der Waals surface area (Å²) >= 11 is 0. The van der Waals surface area contributed by atoms with Gasteiger partial charge >= 0.3 is 0 Å². The molecule has 224 valence electrons. The van der Waals surface area contributed by atoms with E-state index in [2.05, 4.69) is 108 Å². The monoisotopic (exact) mass is 583 g/mol. The molecule has 0 radical (unpaired) electrons. The Morgan fingerprint density at radius 1 is 0.841 bits per heavy atom. The zero-order valence-electron chi connectivity index (χ0n) is 24.8. The van der Waals surface area contributed by atoms with Gasteiger partial charge in [0.15, 0.2) is 0 Å². The van der Waals surface area contributed by atoms with Crippen LogP contribution in [0, 0.1) is 0 Å². The maximum absolute atomic E-state index is 14.8. The first kappa shape index (κ1) is 29.6. The van der Waals surface area contributed by atoms with Crippen LogP contribution in [0.1, 0.15) is 53.9 Å².